The van der Waals surface area contributed by atoms with E-state index in [1.807, 2.05) is 0 Å². The first-order valence-corrected chi connectivity index (χ1v) is 6.58. The van der Waals surface area contributed by atoms with Crippen LogP contribution >= 0.6 is 11.6 Å². The summed E-state index contributed by atoms with van der Waals surface area (Å²) in [4.78, 5) is 11.8. The molecule has 0 atom stereocenters. The van der Waals surface area contributed by atoms with Gasteiger partial charge < -0.3 is 9.47 Å². The minimum atomic E-state index is -0.0236. The molecular formula is C14H17ClO3. The van der Waals surface area contributed by atoms with E-state index in [4.69, 9.17) is 21.1 Å². The molecule has 1 aromatic carbocycles. The Bertz CT molecular complexity index is 400. The van der Waals surface area contributed by atoms with Gasteiger partial charge in [0.1, 0.15) is 6.61 Å². The quantitative estimate of drug-likeness (QED) is 0.770. The van der Waals surface area contributed by atoms with Gasteiger partial charge in [-0.2, -0.15) is 0 Å². The summed E-state index contributed by atoms with van der Waals surface area (Å²) in [6.07, 6.45) is 2.04. The lowest BCUT2D eigenvalue weighted by atomic mass is 10.0. The van der Waals surface area contributed by atoms with Gasteiger partial charge in [-0.05, 0) is 30.9 Å². The molecule has 1 aliphatic heterocycles. The van der Waals surface area contributed by atoms with Crippen molar-refractivity contribution >= 4 is 17.4 Å². The van der Waals surface area contributed by atoms with Gasteiger partial charge in [0, 0.05) is 23.8 Å². The SMILES string of the molecule is O=C(COCC1CCOCC1)c1cccc(Cl)c1. The van der Waals surface area contributed by atoms with E-state index in [1.165, 1.54) is 0 Å². The van der Waals surface area contributed by atoms with Crippen LogP contribution in [0.15, 0.2) is 24.3 Å². The molecule has 3 nitrogen and oxygen atoms in total. The van der Waals surface area contributed by atoms with Crippen molar-refractivity contribution < 1.29 is 14.3 Å². The fourth-order valence-electron chi connectivity index (χ4n) is 1.98. The molecule has 98 valence electrons. The van der Waals surface area contributed by atoms with Crippen LogP contribution in [0.25, 0.3) is 0 Å². The number of halogens is 1. The van der Waals surface area contributed by atoms with Crippen LogP contribution in [-0.2, 0) is 9.47 Å². The fraction of sp³-hybridized carbons (Fsp3) is 0.500. The second-order valence-corrected chi connectivity index (χ2v) is 4.94. The molecule has 1 saturated heterocycles. The predicted molar refractivity (Wildman–Crippen MR) is 70.1 cm³/mol. The number of Topliss-reactive ketones (excluding diaryl/α,β-unsaturated/α-hetero) is 1. The molecular weight excluding hydrogens is 252 g/mol. The monoisotopic (exact) mass is 268 g/mol. The number of ketones is 1. The Kier molecular flexibility index (Phi) is 5.17. The largest absolute Gasteiger partial charge is 0.381 e. The minimum Gasteiger partial charge on any atom is -0.381 e. The van der Waals surface area contributed by atoms with Gasteiger partial charge in [0.2, 0.25) is 0 Å². The lowest BCUT2D eigenvalue weighted by molar-refractivity contribution is 0.0216. The summed E-state index contributed by atoms with van der Waals surface area (Å²) in [5.41, 5.74) is 0.606. The normalized spacial score (nSPS) is 16.7. The second kappa shape index (κ2) is 6.88. The summed E-state index contributed by atoms with van der Waals surface area (Å²) >= 11 is 5.84. The zero-order chi connectivity index (χ0) is 12.8. The molecule has 0 aliphatic carbocycles. The summed E-state index contributed by atoms with van der Waals surface area (Å²) in [7, 11) is 0. The van der Waals surface area contributed by atoms with E-state index in [9.17, 15) is 4.79 Å². The predicted octanol–water partition coefficient (Wildman–Crippen LogP) is 2.97. The molecule has 0 amide bonds. The van der Waals surface area contributed by atoms with E-state index in [0.29, 0.717) is 23.1 Å². The summed E-state index contributed by atoms with van der Waals surface area (Å²) in [6.45, 7) is 2.36. The highest BCUT2D eigenvalue weighted by Gasteiger charge is 2.14. The van der Waals surface area contributed by atoms with Crippen molar-refractivity contribution in [3.8, 4) is 0 Å². The summed E-state index contributed by atoms with van der Waals surface area (Å²) < 4.78 is 10.8. The number of rotatable bonds is 5. The van der Waals surface area contributed by atoms with E-state index < -0.39 is 0 Å². The van der Waals surface area contributed by atoms with E-state index in [2.05, 4.69) is 0 Å². The van der Waals surface area contributed by atoms with Crippen molar-refractivity contribution in [3.63, 3.8) is 0 Å². The molecule has 1 aromatic rings. The van der Waals surface area contributed by atoms with Gasteiger partial charge >= 0.3 is 0 Å². The Hall–Kier alpha value is -0.900. The topological polar surface area (TPSA) is 35.5 Å². The zero-order valence-corrected chi connectivity index (χ0v) is 11.0. The number of carbonyl (C=O) groups is 1. The molecule has 0 unspecified atom stereocenters. The summed E-state index contributed by atoms with van der Waals surface area (Å²) in [5.74, 6) is 0.496. The third-order valence-electron chi connectivity index (χ3n) is 3.07. The first-order valence-electron chi connectivity index (χ1n) is 6.20. The van der Waals surface area contributed by atoms with Crippen molar-refractivity contribution in [1.29, 1.82) is 0 Å². The highest BCUT2D eigenvalue weighted by Crippen LogP contribution is 2.15. The molecule has 0 aromatic heterocycles. The van der Waals surface area contributed by atoms with E-state index in [-0.39, 0.29) is 12.4 Å². The van der Waals surface area contributed by atoms with Crippen LogP contribution in [0.4, 0.5) is 0 Å². The summed E-state index contributed by atoms with van der Waals surface area (Å²) in [5, 5.41) is 0.574. The summed E-state index contributed by atoms with van der Waals surface area (Å²) in [6, 6.07) is 6.95. The molecule has 1 heterocycles. The molecule has 0 spiro atoms. The van der Waals surface area contributed by atoms with Gasteiger partial charge in [-0.15, -0.1) is 0 Å². The Morgan fingerprint density at radius 3 is 2.89 bits per heavy atom. The molecule has 18 heavy (non-hydrogen) atoms. The van der Waals surface area contributed by atoms with Crippen LogP contribution in [-0.4, -0.2) is 32.2 Å². The van der Waals surface area contributed by atoms with Gasteiger partial charge in [0.05, 0.1) is 6.61 Å². The minimum absolute atomic E-state index is 0.0236. The molecule has 0 saturated carbocycles. The maximum atomic E-state index is 11.8. The molecule has 1 fully saturated rings. The van der Waals surface area contributed by atoms with E-state index in [1.54, 1.807) is 24.3 Å². The average molecular weight is 269 g/mol. The van der Waals surface area contributed by atoms with Crippen LogP contribution in [0.1, 0.15) is 23.2 Å². The van der Waals surface area contributed by atoms with Crippen LogP contribution in [0.2, 0.25) is 5.02 Å². The van der Waals surface area contributed by atoms with Crippen molar-refractivity contribution in [1.82, 2.24) is 0 Å². The molecule has 0 radical (unpaired) electrons. The standard InChI is InChI=1S/C14H17ClO3/c15-13-3-1-2-12(8-13)14(16)10-18-9-11-4-6-17-7-5-11/h1-3,8,11H,4-7,9-10H2. The lowest BCUT2D eigenvalue weighted by Gasteiger charge is -2.21. The maximum absolute atomic E-state index is 11.8. The molecule has 1 aliphatic rings. The van der Waals surface area contributed by atoms with Gasteiger partial charge in [-0.25, -0.2) is 0 Å². The number of ether oxygens (including phenoxy) is 2. The van der Waals surface area contributed by atoms with Crippen molar-refractivity contribution in [3.05, 3.63) is 34.9 Å². The van der Waals surface area contributed by atoms with Crippen molar-refractivity contribution in [2.75, 3.05) is 26.4 Å². The molecule has 2 rings (SSSR count). The Morgan fingerprint density at radius 1 is 1.39 bits per heavy atom. The molecule has 0 bridgehead atoms. The van der Waals surface area contributed by atoms with Gasteiger partial charge in [-0.1, -0.05) is 23.7 Å². The number of benzene rings is 1. The second-order valence-electron chi connectivity index (χ2n) is 4.50. The molecule has 4 heteroatoms. The van der Waals surface area contributed by atoms with E-state index >= 15 is 0 Å². The van der Waals surface area contributed by atoms with Crippen LogP contribution in [0, 0.1) is 5.92 Å². The average Bonchev–Trinajstić information content (AvgIpc) is 2.40. The maximum Gasteiger partial charge on any atom is 0.188 e. The van der Waals surface area contributed by atoms with Crippen LogP contribution in [0.3, 0.4) is 0 Å². The van der Waals surface area contributed by atoms with E-state index in [0.717, 1.165) is 26.1 Å². The number of carbonyl (C=O) groups excluding carboxylic acids is 1. The van der Waals surface area contributed by atoms with Crippen molar-refractivity contribution in [2.45, 2.75) is 12.8 Å². The lowest BCUT2D eigenvalue weighted by Crippen LogP contribution is -2.21. The van der Waals surface area contributed by atoms with Gasteiger partial charge in [0.25, 0.3) is 0 Å². The highest BCUT2D eigenvalue weighted by molar-refractivity contribution is 6.31. The first kappa shape index (κ1) is 13.5. The molecule has 0 N–H and O–H groups in total. The van der Waals surface area contributed by atoms with Crippen molar-refractivity contribution in [2.24, 2.45) is 5.92 Å². The van der Waals surface area contributed by atoms with Gasteiger partial charge in [0.15, 0.2) is 5.78 Å². The first-order chi connectivity index (χ1) is 8.75. The Labute approximate surface area is 112 Å². The van der Waals surface area contributed by atoms with Gasteiger partial charge in [-0.3, -0.25) is 4.79 Å². The fourth-order valence-corrected chi connectivity index (χ4v) is 2.17. The van der Waals surface area contributed by atoms with Crippen LogP contribution in [0.5, 0.6) is 0 Å². The number of hydrogen-bond donors (Lipinski definition) is 0. The third-order valence-corrected chi connectivity index (χ3v) is 3.31. The van der Waals surface area contributed by atoms with Crippen LogP contribution < -0.4 is 0 Å². The zero-order valence-electron chi connectivity index (χ0n) is 10.2. The highest BCUT2D eigenvalue weighted by atomic mass is 35.5. The Balaban J connectivity index is 1.74. The smallest absolute Gasteiger partial charge is 0.188 e. The Morgan fingerprint density at radius 2 is 2.17 bits per heavy atom. The third kappa shape index (κ3) is 4.09. The number of hydrogen-bond acceptors (Lipinski definition) is 3.